The number of likely N-dealkylation sites (N-methyl/N-ethyl adjacent to an activating group) is 1. The van der Waals surface area contributed by atoms with Gasteiger partial charge in [-0.3, -0.25) is 0 Å². The second kappa shape index (κ2) is 6.21. The summed E-state index contributed by atoms with van der Waals surface area (Å²) in [6.45, 7) is 8.15. The molecule has 0 aliphatic heterocycles. The quantitative estimate of drug-likeness (QED) is 0.845. The standard InChI is InChI=1S/C15H25NO2/c1-9(2)12-8-13(15(16-5)11(4)17)10(3)7-14(12)18-6/h7-9,11,15-17H,1-6H3. The zero-order chi connectivity index (χ0) is 13.9. The Morgan fingerprint density at radius 2 is 1.78 bits per heavy atom. The summed E-state index contributed by atoms with van der Waals surface area (Å²) in [5.41, 5.74) is 3.45. The van der Waals surface area contributed by atoms with Crippen molar-refractivity contribution >= 4 is 0 Å². The van der Waals surface area contributed by atoms with Crippen molar-refractivity contribution in [3.63, 3.8) is 0 Å². The number of aliphatic hydroxyl groups is 1. The normalized spacial score (nSPS) is 14.7. The minimum Gasteiger partial charge on any atom is -0.496 e. The van der Waals surface area contributed by atoms with E-state index in [-0.39, 0.29) is 6.04 Å². The molecule has 0 aromatic heterocycles. The summed E-state index contributed by atoms with van der Waals surface area (Å²) in [7, 11) is 3.57. The van der Waals surface area contributed by atoms with Crippen molar-refractivity contribution < 1.29 is 9.84 Å². The highest BCUT2D eigenvalue weighted by atomic mass is 16.5. The number of aryl methyl sites for hydroxylation is 1. The van der Waals surface area contributed by atoms with E-state index < -0.39 is 6.10 Å². The van der Waals surface area contributed by atoms with E-state index in [9.17, 15) is 5.11 Å². The first-order valence-corrected chi connectivity index (χ1v) is 6.46. The maximum absolute atomic E-state index is 9.85. The second-order valence-corrected chi connectivity index (χ2v) is 5.11. The summed E-state index contributed by atoms with van der Waals surface area (Å²) < 4.78 is 5.43. The van der Waals surface area contributed by atoms with Crippen LogP contribution in [0.5, 0.6) is 5.75 Å². The van der Waals surface area contributed by atoms with E-state index in [4.69, 9.17) is 4.74 Å². The van der Waals surface area contributed by atoms with E-state index in [1.165, 1.54) is 5.56 Å². The number of ether oxygens (including phenoxy) is 1. The molecule has 1 aromatic carbocycles. The van der Waals surface area contributed by atoms with Crippen LogP contribution < -0.4 is 10.1 Å². The molecular weight excluding hydrogens is 226 g/mol. The molecular formula is C15H25NO2. The van der Waals surface area contributed by atoms with Crippen LogP contribution in [0, 0.1) is 6.92 Å². The zero-order valence-corrected chi connectivity index (χ0v) is 12.2. The molecule has 0 aliphatic rings. The lowest BCUT2D eigenvalue weighted by Gasteiger charge is -2.24. The molecule has 1 aromatic rings. The number of hydrogen-bond donors (Lipinski definition) is 2. The highest BCUT2D eigenvalue weighted by molar-refractivity contribution is 5.45. The molecule has 2 atom stereocenters. The van der Waals surface area contributed by atoms with Gasteiger partial charge in [0, 0.05) is 0 Å². The summed E-state index contributed by atoms with van der Waals surface area (Å²) in [6, 6.07) is 4.15. The van der Waals surface area contributed by atoms with Crippen LogP contribution in [0.1, 0.15) is 49.4 Å². The van der Waals surface area contributed by atoms with Gasteiger partial charge in [0.15, 0.2) is 0 Å². The minimum atomic E-state index is -0.429. The van der Waals surface area contributed by atoms with E-state index in [0.717, 1.165) is 16.9 Å². The number of rotatable bonds is 5. The van der Waals surface area contributed by atoms with E-state index in [1.54, 1.807) is 14.0 Å². The Morgan fingerprint density at radius 3 is 2.17 bits per heavy atom. The highest BCUT2D eigenvalue weighted by Gasteiger charge is 2.20. The Kier molecular flexibility index (Phi) is 5.17. The average molecular weight is 251 g/mol. The highest BCUT2D eigenvalue weighted by Crippen LogP contribution is 2.32. The van der Waals surface area contributed by atoms with Crippen LogP contribution in [-0.4, -0.2) is 25.4 Å². The van der Waals surface area contributed by atoms with Gasteiger partial charge in [0.1, 0.15) is 5.75 Å². The molecule has 0 amide bonds. The second-order valence-electron chi connectivity index (χ2n) is 5.11. The first kappa shape index (κ1) is 15.0. The van der Waals surface area contributed by atoms with Crippen LogP contribution in [0.2, 0.25) is 0 Å². The van der Waals surface area contributed by atoms with Crippen molar-refractivity contribution in [3.05, 3.63) is 28.8 Å². The largest absolute Gasteiger partial charge is 0.496 e. The Morgan fingerprint density at radius 1 is 1.17 bits per heavy atom. The lowest BCUT2D eigenvalue weighted by atomic mass is 9.91. The molecule has 0 spiro atoms. The lowest BCUT2D eigenvalue weighted by Crippen LogP contribution is -2.28. The molecule has 0 fully saturated rings. The number of aliphatic hydroxyl groups excluding tert-OH is 1. The van der Waals surface area contributed by atoms with Gasteiger partial charge < -0.3 is 15.2 Å². The van der Waals surface area contributed by atoms with E-state index >= 15 is 0 Å². The molecule has 1 rings (SSSR count). The molecule has 0 saturated carbocycles. The van der Waals surface area contributed by atoms with Crippen molar-refractivity contribution in [2.24, 2.45) is 0 Å². The molecule has 3 heteroatoms. The van der Waals surface area contributed by atoms with Crippen molar-refractivity contribution in [1.29, 1.82) is 0 Å². The molecule has 3 nitrogen and oxygen atoms in total. The van der Waals surface area contributed by atoms with Crippen LogP contribution in [0.4, 0.5) is 0 Å². The van der Waals surface area contributed by atoms with Crippen LogP contribution in [0.25, 0.3) is 0 Å². The third kappa shape index (κ3) is 3.03. The van der Waals surface area contributed by atoms with Gasteiger partial charge in [-0.2, -0.15) is 0 Å². The predicted molar refractivity (Wildman–Crippen MR) is 75.3 cm³/mol. The van der Waals surface area contributed by atoms with Crippen LogP contribution in [-0.2, 0) is 0 Å². The molecule has 0 radical (unpaired) electrons. The van der Waals surface area contributed by atoms with Crippen LogP contribution in [0.15, 0.2) is 12.1 Å². The maximum atomic E-state index is 9.85. The topological polar surface area (TPSA) is 41.5 Å². The number of benzene rings is 1. The lowest BCUT2D eigenvalue weighted by molar-refractivity contribution is 0.149. The molecule has 2 unspecified atom stereocenters. The molecule has 2 N–H and O–H groups in total. The molecule has 0 bridgehead atoms. The predicted octanol–water partition coefficient (Wildman–Crippen LogP) is 2.77. The summed E-state index contributed by atoms with van der Waals surface area (Å²) in [5.74, 6) is 1.32. The Hall–Kier alpha value is -1.06. The van der Waals surface area contributed by atoms with E-state index in [0.29, 0.717) is 5.92 Å². The monoisotopic (exact) mass is 251 g/mol. The van der Waals surface area contributed by atoms with Crippen molar-refractivity contribution in [3.8, 4) is 5.75 Å². The minimum absolute atomic E-state index is 0.0478. The fourth-order valence-corrected chi connectivity index (χ4v) is 2.34. The average Bonchev–Trinajstić information content (AvgIpc) is 2.30. The van der Waals surface area contributed by atoms with Gasteiger partial charge in [0.25, 0.3) is 0 Å². The first-order valence-electron chi connectivity index (χ1n) is 6.46. The van der Waals surface area contributed by atoms with E-state index in [2.05, 4.69) is 38.2 Å². The summed E-state index contributed by atoms with van der Waals surface area (Å²) in [5, 5.41) is 13.0. The summed E-state index contributed by atoms with van der Waals surface area (Å²) in [6.07, 6.45) is -0.429. The zero-order valence-electron chi connectivity index (χ0n) is 12.2. The van der Waals surface area contributed by atoms with E-state index in [1.807, 2.05) is 7.05 Å². The first-order chi connectivity index (χ1) is 8.42. The molecule has 0 heterocycles. The Balaban J connectivity index is 3.32. The van der Waals surface area contributed by atoms with Crippen molar-refractivity contribution in [1.82, 2.24) is 5.32 Å². The molecule has 102 valence electrons. The molecule has 0 saturated heterocycles. The van der Waals surface area contributed by atoms with Gasteiger partial charge in [-0.05, 0) is 55.6 Å². The third-order valence-electron chi connectivity index (χ3n) is 3.37. The van der Waals surface area contributed by atoms with Crippen molar-refractivity contribution in [2.45, 2.75) is 45.8 Å². The van der Waals surface area contributed by atoms with Gasteiger partial charge in [0.05, 0.1) is 19.3 Å². The van der Waals surface area contributed by atoms with Gasteiger partial charge in [-0.1, -0.05) is 13.8 Å². The summed E-state index contributed by atoms with van der Waals surface area (Å²) >= 11 is 0. The van der Waals surface area contributed by atoms with Crippen LogP contribution in [0.3, 0.4) is 0 Å². The van der Waals surface area contributed by atoms with Gasteiger partial charge in [0.2, 0.25) is 0 Å². The third-order valence-corrected chi connectivity index (χ3v) is 3.37. The van der Waals surface area contributed by atoms with Gasteiger partial charge in [-0.15, -0.1) is 0 Å². The van der Waals surface area contributed by atoms with Gasteiger partial charge >= 0.3 is 0 Å². The number of nitrogens with one attached hydrogen (secondary N) is 1. The Labute approximate surface area is 110 Å². The molecule has 18 heavy (non-hydrogen) atoms. The maximum Gasteiger partial charge on any atom is 0.122 e. The smallest absolute Gasteiger partial charge is 0.122 e. The van der Waals surface area contributed by atoms with Crippen LogP contribution >= 0.6 is 0 Å². The van der Waals surface area contributed by atoms with Crippen molar-refractivity contribution in [2.75, 3.05) is 14.2 Å². The fraction of sp³-hybridized carbons (Fsp3) is 0.600. The number of methoxy groups -OCH3 is 1. The Bertz CT molecular complexity index is 400. The fourth-order valence-electron chi connectivity index (χ4n) is 2.34. The molecule has 0 aliphatic carbocycles. The SMILES string of the molecule is CNC(c1cc(C(C)C)c(OC)cc1C)C(C)O. The number of hydrogen-bond acceptors (Lipinski definition) is 3. The van der Waals surface area contributed by atoms with Gasteiger partial charge in [-0.25, -0.2) is 0 Å². The summed E-state index contributed by atoms with van der Waals surface area (Å²) in [4.78, 5) is 0.